The van der Waals surface area contributed by atoms with Gasteiger partial charge < -0.3 is 10.2 Å². The van der Waals surface area contributed by atoms with Crippen LogP contribution in [-0.4, -0.2) is 60.6 Å². The molecule has 0 bridgehead atoms. The molecule has 0 aliphatic carbocycles. The zero-order valence-electron chi connectivity index (χ0n) is 11.8. The highest BCUT2D eigenvalue weighted by atomic mass is 15.2. The van der Waals surface area contributed by atoms with Crippen molar-refractivity contribution in [1.29, 1.82) is 0 Å². The van der Waals surface area contributed by atoms with Gasteiger partial charge in [-0.05, 0) is 66.2 Å². The molecule has 0 aromatic rings. The molecule has 2 aliphatic heterocycles. The molecular formula is C14H29N3. The molecule has 2 saturated heterocycles. The van der Waals surface area contributed by atoms with Crippen molar-refractivity contribution in [3.05, 3.63) is 0 Å². The predicted molar refractivity (Wildman–Crippen MR) is 73.4 cm³/mol. The minimum absolute atomic E-state index is 0.716. The van der Waals surface area contributed by atoms with Crippen LogP contribution in [0.5, 0.6) is 0 Å². The van der Waals surface area contributed by atoms with E-state index in [2.05, 4.69) is 35.9 Å². The first-order chi connectivity index (χ1) is 8.18. The molecule has 0 aromatic heterocycles. The normalized spacial score (nSPS) is 30.7. The molecule has 0 spiro atoms. The van der Waals surface area contributed by atoms with E-state index in [4.69, 9.17) is 0 Å². The summed E-state index contributed by atoms with van der Waals surface area (Å²) >= 11 is 0. The smallest absolute Gasteiger partial charge is 0.0195 e. The lowest BCUT2D eigenvalue weighted by atomic mass is 10.00. The number of likely N-dealkylation sites (tertiary alicyclic amines) is 1. The largest absolute Gasteiger partial charge is 0.315 e. The molecular weight excluding hydrogens is 210 g/mol. The van der Waals surface area contributed by atoms with Crippen LogP contribution in [0.2, 0.25) is 0 Å². The number of nitrogens with one attached hydrogen (secondary N) is 1. The highest BCUT2D eigenvalue weighted by Gasteiger charge is 2.28. The van der Waals surface area contributed by atoms with Crippen LogP contribution in [0.15, 0.2) is 0 Å². The quantitative estimate of drug-likeness (QED) is 0.788. The standard InChI is InChI=1S/C14H29N3/c1-12(2)16-9-5-14(6-10-16)17-8-4-7-15-11-13(17)3/h12-15H,4-11H2,1-3H3. The lowest BCUT2D eigenvalue weighted by Gasteiger charge is -2.41. The van der Waals surface area contributed by atoms with Crippen LogP contribution in [0.3, 0.4) is 0 Å². The summed E-state index contributed by atoms with van der Waals surface area (Å²) in [6.07, 6.45) is 4.04. The second-order valence-corrected chi connectivity index (χ2v) is 6.01. The molecule has 0 amide bonds. The summed E-state index contributed by atoms with van der Waals surface area (Å²) in [6.45, 7) is 13.3. The number of hydrogen-bond acceptors (Lipinski definition) is 3. The monoisotopic (exact) mass is 239 g/mol. The average Bonchev–Trinajstić information content (AvgIpc) is 2.54. The van der Waals surface area contributed by atoms with E-state index < -0.39 is 0 Å². The second-order valence-electron chi connectivity index (χ2n) is 6.01. The number of hydrogen-bond donors (Lipinski definition) is 1. The minimum atomic E-state index is 0.716. The van der Waals surface area contributed by atoms with E-state index in [1.807, 2.05) is 0 Å². The minimum Gasteiger partial charge on any atom is -0.315 e. The fourth-order valence-electron chi connectivity index (χ4n) is 3.31. The molecule has 1 N–H and O–H groups in total. The second kappa shape index (κ2) is 6.17. The molecule has 2 rings (SSSR count). The fraction of sp³-hybridized carbons (Fsp3) is 1.00. The third kappa shape index (κ3) is 3.43. The molecule has 2 heterocycles. The van der Waals surface area contributed by atoms with E-state index in [1.54, 1.807) is 0 Å². The summed E-state index contributed by atoms with van der Waals surface area (Å²) in [6, 6.07) is 2.27. The number of piperidine rings is 1. The van der Waals surface area contributed by atoms with Gasteiger partial charge in [-0.3, -0.25) is 4.90 Å². The van der Waals surface area contributed by atoms with Crippen molar-refractivity contribution in [2.45, 2.75) is 58.2 Å². The Kier molecular flexibility index (Phi) is 4.83. The maximum Gasteiger partial charge on any atom is 0.0195 e. The molecule has 3 heteroatoms. The molecule has 0 radical (unpaired) electrons. The highest BCUT2D eigenvalue weighted by molar-refractivity contribution is 4.85. The summed E-state index contributed by atoms with van der Waals surface area (Å²) in [4.78, 5) is 5.38. The summed E-state index contributed by atoms with van der Waals surface area (Å²) in [5.41, 5.74) is 0. The Labute approximate surface area is 107 Å². The Hall–Kier alpha value is -0.120. The van der Waals surface area contributed by atoms with Crippen LogP contribution in [0.4, 0.5) is 0 Å². The van der Waals surface area contributed by atoms with Crippen LogP contribution in [0, 0.1) is 0 Å². The van der Waals surface area contributed by atoms with Crippen LogP contribution in [0.25, 0.3) is 0 Å². The fourth-order valence-corrected chi connectivity index (χ4v) is 3.31. The zero-order chi connectivity index (χ0) is 12.3. The highest BCUT2D eigenvalue weighted by Crippen LogP contribution is 2.21. The Balaban J connectivity index is 1.86. The van der Waals surface area contributed by atoms with Gasteiger partial charge in [0.05, 0.1) is 0 Å². The van der Waals surface area contributed by atoms with Crippen molar-refractivity contribution < 1.29 is 0 Å². The van der Waals surface area contributed by atoms with Gasteiger partial charge in [0.2, 0.25) is 0 Å². The summed E-state index contributed by atoms with van der Waals surface area (Å²) in [5.74, 6) is 0. The van der Waals surface area contributed by atoms with E-state index in [0.717, 1.165) is 12.1 Å². The third-order valence-corrected chi connectivity index (χ3v) is 4.47. The van der Waals surface area contributed by atoms with Gasteiger partial charge in [-0.2, -0.15) is 0 Å². The van der Waals surface area contributed by atoms with Crippen molar-refractivity contribution in [2.75, 3.05) is 32.7 Å². The van der Waals surface area contributed by atoms with Crippen molar-refractivity contribution in [3.63, 3.8) is 0 Å². The summed E-state index contributed by atoms with van der Waals surface area (Å²) < 4.78 is 0. The van der Waals surface area contributed by atoms with Crippen molar-refractivity contribution in [3.8, 4) is 0 Å². The van der Waals surface area contributed by atoms with Gasteiger partial charge in [0.15, 0.2) is 0 Å². The van der Waals surface area contributed by atoms with E-state index in [1.165, 1.54) is 52.0 Å². The molecule has 3 nitrogen and oxygen atoms in total. The van der Waals surface area contributed by atoms with Crippen LogP contribution < -0.4 is 5.32 Å². The van der Waals surface area contributed by atoms with Gasteiger partial charge in [-0.25, -0.2) is 0 Å². The molecule has 0 saturated carbocycles. The van der Waals surface area contributed by atoms with Crippen LogP contribution in [0.1, 0.15) is 40.0 Å². The lowest BCUT2D eigenvalue weighted by Crippen LogP contribution is -2.50. The van der Waals surface area contributed by atoms with E-state index in [9.17, 15) is 0 Å². The summed E-state index contributed by atoms with van der Waals surface area (Å²) in [7, 11) is 0. The number of nitrogens with zero attached hydrogens (tertiary/aromatic N) is 2. The average molecular weight is 239 g/mol. The van der Waals surface area contributed by atoms with Gasteiger partial charge in [-0.15, -0.1) is 0 Å². The Bertz CT molecular complexity index is 222. The lowest BCUT2D eigenvalue weighted by molar-refractivity contribution is 0.0730. The first-order valence-electron chi connectivity index (χ1n) is 7.39. The van der Waals surface area contributed by atoms with E-state index >= 15 is 0 Å². The molecule has 1 unspecified atom stereocenters. The van der Waals surface area contributed by atoms with Crippen LogP contribution in [-0.2, 0) is 0 Å². The maximum atomic E-state index is 3.54. The molecule has 100 valence electrons. The number of rotatable bonds is 2. The predicted octanol–water partition coefficient (Wildman–Crippen LogP) is 1.54. The Morgan fingerprint density at radius 1 is 1.12 bits per heavy atom. The van der Waals surface area contributed by atoms with Gasteiger partial charge in [-0.1, -0.05) is 0 Å². The van der Waals surface area contributed by atoms with Crippen LogP contribution >= 0.6 is 0 Å². The van der Waals surface area contributed by atoms with Crippen molar-refractivity contribution >= 4 is 0 Å². The molecule has 1 atom stereocenters. The van der Waals surface area contributed by atoms with Crippen molar-refractivity contribution in [2.24, 2.45) is 0 Å². The Morgan fingerprint density at radius 2 is 1.82 bits per heavy atom. The first kappa shape index (κ1) is 13.3. The molecule has 17 heavy (non-hydrogen) atoms. The topological polar surface area (TPSA) is 18.5 Å². The van der Waals surface area contributed by atoms with E-state index in [0.29, 0.717) is 6.04 Å². The van der Waals surface area contributed by atoms with Gasteiger partial charge >= 0.3 is 0 Å². The summed E-state index contributed by atoms with van der Waals surface area (Å²) in [5, 5.41) is 3.54. The SMILES string of the molecule is CC(C)N1CCC(N2CCCNCC2C)CC1. The van der Waals surface area contributed by atoms with Crippen molar-refractivity contribution in [1.82, 2.24) is 15.1 Å². The molecule has 2 fully saturated rings. The van der Waals surface area contributed by atoms with Gasteiger partial charge in [0.25, 0.3) is 0 Å². The van der Waals surface area contributed by atoms with Gasteiger partial charge in [0.1, 0.15) is 0 Å². The molecule has 2 aliphatic rings. The third-order valence-electron chi connectivity index (χ3n) is 4.47. The van der Waals surface area contributed by atoms with Gasteiger partial charge in [0, 0.05) is 24.7 Å². The maximum absolute atomic E-state index is 3.54. The first-order valence-corrected chi connectivity index (χ1v) is 7.39. The molecule has 0 aromatic carbocycles. The Morgan fingerprint density at radius 3 is 2.47 bits per heavy atom. The van der Waals surface area contributed by atoms with E-state index in [-0.39, 0.29) is 0 Å². The zero-order valence-corrected chi connectivity index (χ0v) is 11.8.